The summed E-state index contributed by atoms with van der Waals surface area (Å²) in [5, 5.41) is 12.7. The highest BCUT2D eigenvalue weighted by Crippen LogP contribution is 2.22. The van der Waals surface area contributed by atoms with E-state index in [9.17, 15) is 9.59 Å². The van der Waals surface area contributed by atoms with Crippen LogP contribution in [0.1, 0.15) is 10.4 Å². The van der Waals surface area contributed by atoms with Crippen molar-refractivity contribution in [2.45, 2.75) is 5.16 Å². The molecule has 0 unspecified atom stereocenters. The Labute approximate surface area is 130 Å². The Morgan fingerprint density at radius 1 is 1.48 bits per heavy atom. The molecule has 1 heterocycles. The number of rotatable bonds is 5. The zero-order valence-electron chi connectivity index (χ0n) is 11.0. The minimum Gasteiger partial charge on any atom is -0.478 e. The van der Waals surface area contributed by atoms with Crippen molar-refractivity contribution >= 4 is 40.9 Å². The van der Waals surface area contributed by atoms with Crippen molar-refractivity contribution in [1.29, 1.82) is 0 Å². The number of nitrogens with zero attached hydrogens (tertiary/aromatic N) is 2. The van der Waals surface area contributed by atoms with Crippen LogP contribution in [0, 0.1) is 0 Å². The molecule has 0 spiro atoms. The van der Waals surface area contributed by atoms with Gasteiger partial charge >= 0.3 is 5.97 Å². The third-order valence-corrected chi connectivity index (χ3v) is 3.89. The van der Waals surface area contributed by atoms with Crippen LogP contribution in [0.2, 0.25) is 5.02 Å². The standard InChI is InChI=1S/C13H12ClN3O3S/c1-17-5-4-15-13(17)21-7-11(18)16-10-6-8(14)2-3-9(10)12(19)20/h2-6H,7H2,1H3,(H,16,18)(H,19,20). The summed E-state index contributed by atoms with van der Waals surface area (Å²) in [5.74, 6) is -1.33. The van der Waals surface area contributed by atoms with Gasteiger partial charge in [-0.05, 0) is 18.2 Å². The number of carboxylic acids is 1. The molecule has 0 bridgehead atoms. The van der Waals surface area contributed by atoms with E-state index >= 15 is 0 Å². The Hall–Kier alpha value is -1.99. The van der Waals surface area contributed by atoms with E-state index in [2.05, 4.69) is 10.3 Å². The smallest absolute Gasteiger partial charge is 0.337 e. The average molecular weight is 326 g/mol. The first-order valence-electron chi connectivity index (χ1n) is 5.90. The van der Waals surface area contributed by atoms with Crippen molar-refractivity contribution in [3.8, 4) is 0 Å². The minimum atomic E-state index is -1.13. The first kappa shape index (κ1) is 15.4. The molecule has 1 aromatic heterocycles. The largest absolute Gasteiger partial charge is 0.478 e. The highest BCUT2D eigenvalue weighted by Gasteiger charge is 2.13. The number of carboxylic acid groups (broad SMARTS) is 1. The number of halogens is 1. The molecule has 8 heteroatoms. The summed E-state index contributed by atoms with van der Waals surface area (Å²) in [6.45, 7) is 0. The number of carbonyl (C=O) groups is 2. The summed E-state index contributed by atoms with van der Waals surface area (Å²) in [5.41, 5.74) is 0.176. The van der Waals surface area contributed by atoms with Crippen molar-refractivity contribution in [3.05, 3.63) is 41.2 Å². The lowest BCUT2D eigenvalue weighted by molar-refractivity contribution is -0.113. The Morgan fingerprint density at radius 2 is 2.24 bits per heavy atom. The highest BCUT2D eigenvalue weighted by atomic mass is 35.5. The summed E-state index contributed by atoms with van der Waals surface area (Å²) in [6.07, 6.45) is 3.42. The molecule has 21 heavy (non-hydrogen) atoms. The molecule has 1 aromatic carbocycles. The van der Waals surface area contributed by atoms with Gasteiger partial charge in [0.05, 0.1) is 17.0 Å². The molecule has 0 aliphatic carbocycles. The molecule has 0 saturated heterocycles. The van der Waals surface area contributed by atoms with E-state index in [0.29, 0.717) is 10.2 Å². The quantitative estimate of drug-likeness (QED) is 0.825. The molecule has 0 aliphatic rings. The first-order valence-corrected chi connectivity index (χ1v) is 7.26. The third-order valence-electron chi connectivity index (χ3n) is 2.60. The topological polar surface area (TPSA) is 84.2 Å². The lowest BCUT2D eigenvalue weighted by Crippen LogP contribution is -2.17. The fraction of sp³-hybridized carbons (Fsp3) is 0.154. The number of carbonyl (C=O) groups excluding carboxylic acids is 1. The van der Waals surface area contributed by atoms with Crippen LogP contribution < -0.4 is 5.32 Å². The predicted molar refractivity (Wildman–Crippen MR) is 81.0 cm³/mol. The van der Waals surface area contributed by atoms with E-state index in [1.54, 1.807) is 17.0 Å². The van der Waals surface area contributed by atoms with Gasteiger partial charge in [-0.25, -0.2) is 9.78 Å². The lowest BCUT2D eigenvalue weighted by atomic mass is 10.2. The number of benzene rings is 1. The molecule has 1 amide bonds. The third kappa shape index (κ3) is 3.99. The van der Waals surface area contributed by atoms with Gasteiger partial charge in [0, 0.05) is 24.5 Å². The first-order chi connectivity index (χ1) is 9.97. The number of thioether (sulfide) groups is 1. The van der Waals surface area contributed by atoms with Gasteiger partial charge in [0.2, 0.25) is 5.91 Å². The van der Waals surface area contributed by atoms with Crippen molar-refractivity contribution in [1.82, 2.24) is 9.55 Å². The van der Waals surface area contributed by atoms with E-state index in [1.807, 2.05) is 7.05 Å². The van der Waals surface area contributed by atoms with Crippen molar-refractivity contribution in [3.63, 3.8) is 0 Å². The minimum absolute atomic E-state index is 0.00487. The lowest BCUT2D eigenvalue weighted by Gasteiger charge is -2.08. The second-order valence-electron chi connectivity index (χ2n) is 4.15. The maximum Gasteiger partial charge on any atom is 0.337 e. The Kier molecular flexibility index (Phi) is 4.87. The number of aryl methyl sites for hydroxylation is 1. The fourth-order valence-electron chi connectivity index (χ4n) is 1.61. The molecule has 0 aliphatic heterocycles. The number of nitrogens with one attached hydrogen (secondary N) is 1. The number of aromatic carboxylic acids is 1. The van der Waals surface area contributed by atoms with Crippen molar-refractivity contribution < 1.29 is 14.7 Å². The van der Waals surface area contributed by atoms with E-state index in [-0.39, 0.29) is 22.9 Å². The van der Waals surface area contributed by atoms with Crippen LogP contribution in [0.25, 0.3) is 0 Å². The Morgan fingerprint density at radius 3 is 2.86 bits per heavy atom. The summed E-state index contributed by atoms with van der Waals surface area (Å²) in [7, 11) is 1.83. The van der Waals surface area contributed by atoms with E-state index in [0.717, 1.165) is 0 Å². The molecule has 2 rings (SSSR count). The van der Waals surface area contributed by atoms with E-state index in [4.69, 9.17) is 16.7 Å². The number of hydrogen-bond donors (Lipinski definition) is 2. The van der Waals surface area contributed by atoms with Crippen LogP contribution in [0.4, 0.5) is 5.69 Å². The van der Waals surface area contributed by atoms with Gasteiger partial charge in [0.25, 0.3) is 0 Å². The van der Waals surface area contributed by atoms with Crippen LogP contribution in [-0.2, 0) is 11.8 Å². The number of amides is 1. The van der Waals surface area contributed by atoms with Crippen LogP contribution in [-0.4, -0.2) is 32.3 Å². The maximum atomic E-state index is 11.9. The molecule has 2 aromatic rings. The summed E-state index contributed by atoms with van der Waals surface area (Å²) >= 11 is 7.08. The average Bonchev–Trinajstić information content (AvgIpc) is 2.81. The second kappa shape index (κ2) is 6.64. The molecule has 0 atom stereocenters. The van der Waals surface area contributed by atoms with Gasteiger partial charge in [-0.15, -0.1) is 0 Å². The molecule has 2 N–H and O–H groups in total. The number of hydrogen-bond acceptors (Lipinski definition) is 4. The zero-order valence-corrected chi connectivity index (χ0v) is 12.6. The van der Waals surface area contributed by atoms with Gasteiger partial charge in [-0.1, -0.05) is 23.4 Å². The van der Waals surface area contributed by atoms with E-state index < -0.39 is 5.97 Å². The van der Waals surface area contributed by atoms with Gasteiger partial charge in [-0.3, -0.25) is 4.79 Å². The van der Waals surface area contributed by atoms with Crippen LogP contribution in [0.5, 0.6) is 0 Å². The van der Waals surface area contributed by atoms with Gasteiger partial charge in [0.1, 0.15) is 0 Å². The molecule has 0 radical (unpaired) electrons. The summed E-state index contributed by atoms with van der Waals surface area (Å²) in [6, 6.07) is 4.23. The number of aromatic nitrogens is 2. The van der Waals surface area contributed by atoms with Gasteiger partial charge < -0.3 is 15.0 Å². The molecular formula is C13H12ClN3O3S. The normalized spacial score (nSPS) is 10.4. The maximum absolute atomic E-state index is 11.9. The summed E-state index contributed by atoms with van der Waals surface area (Å²) in [4.78, 5) is 27.1. The monoisotopic (exact) mass is 325 g/mol. The second-order valence-corrected chi connectivity index (χ2v) is 5.53. The van der Waals surface area contributed by atoms with Crippen LogP contribution >= 0.6 is 23.4 Å². The molecule has 6 nitrogen and oxygen atoms in total. The highest BCUT2D eigenvalue weighted by molar-refractivity contribution is 7.99. The van der Waals surface area contributed by atoms with Crippen molar-refractivity contribution in [2.24, 2.45) is 7.05 Å². The Bertz CT molecular complexity index is 687. The van der Waals surface area contributed by atoms with Gasteiger partial charge in [0.15, 0.2) is 5.16 Å². The van der Waals surface area contributed by atoms with Crippen molar-refractivity contribution in [2.75, 3.05) is 11.1 Å². The van der Waals surface area contributed by atoms with E-state index in [1.165, 1.54) is 30.0 Å². The predicted octanol–water partition coefficient (Wildman–Crippen LogP) is 2.50. The fourth-order valence-corrected chi connectivity index (χ4v) is 2.52. The van der Waals surface area contributed by atoms with Gasteiger partial charge in [-0.2, -0.15) is 0 Å². The SMILES string of the molecule is Cn1ccnc1SCC(=O)Nc1cc(Cl)ccc1C(=O)O. The summed E-state index contributed by atoms with van der Waals surface area (Å²) < 4.78 is 1.79. The molecule has 110 valence electrons. The van der Waals surface area contributed by atoms with Crippen LogP contribution in [0.3, 0.4) is 0 Å². The molecular weight excluding hydrogens is 314 g/mol. The molecule has 0 saturated carbocycles. The molecule has 0 fully saturated rings. The number of anilines is 1. The Balaban J connectivity index is 2.04. The van der Waals surface area contributed by atoms with Crippen LogP contribution in [0.15, 0.2) is 35.7 Å². The number of imidazole rings is 1. The zero-order chi connectivity index (χ0) is 15.4.